The molecular formula is C22H31N3O. The van der Waals surface area contributed by atoms with Crippen LogP contribution in [0.15, 0.2) is 54.6 Å². The number of hydrogen-bond acceptors (Lipinski definition) is 4. The van der Waals surface area contributed by atoms with E-state index in [1.165, 1.54) is 16.9 Å². The maximum atomic E-state index is 10.8. The van der Waals surface area contributed by atoms with Gasteiger partial charge >= 0.3 is 0 Å². The second kappa shape index (κ2) is 8.21. The fourth-order valence-electron chi connectivity index (χ4n) is 3.94. The molecule has 1 atom stereocenters. The molecule has 26 heavy (non-hydrogen) atoms. The SMILES string of the molecule is CN(C)C[C@@]1(O)CCCN(Cc2ccc(N(C)c3ccccc3)cc2)C1. The molecule has 0 aliphatic carbocycles. The second-order valence-corrected chi connectivity index (χ2v) is 7.84. The number of nitrogens with zero attached hydrogens (tertiary/aromatic N) is 3. The zero-order chi connectivity index (χ0) is 18.6. The predicted molar refractivity (Wildman–Crippen MR) is 109 cm³/mol. The van der Waals surface area contributed by atoms with Gasteiger partial charge in [0.2, 0.25) is 0 Å². The highest BCUT2D eigenvalue weighted by Gasteiger charge is 2.33. The second-order valence-electron chi connectivity index (χ2n) is 7.84. The summed E-state index contributed by atoms with van der Waals surface area (Å²) in [6, 6.07) is 19.2. The Morgan fingerprint density at radius 1 is 0.962 bits per heavy atom. The maximum Gasteiger partial charge on any atom is 0.0900 e. The monoisotopic (exact) mass is 353 g/mol. The molecule has 1 aliphatic heterocycles. The van der Waals surface area contributed by atoms with E-state index in [9.17, 15) is 5.11 Å². The van der Waals surface area contributed by atoms with E-state index < -0.39 is 5.60 Å². The summed E-state index contributed by atoms with van der Waals surface area (Å²) in [5, 5.41) is 10.8. The maximum absolute atomic E-state index is 10.8. The Balaban J connectivity index is 1.62. The van der Waals surface area contributed by atoms with Crippen LogP contribution in [0.1, 0.15) is 18.4 Å². The summed E-state index contributed by atoms with van der Waals surface area (Å²) in [4.78, 5) is 6.65. The van der Waals surface area contributed by atoms with Gasteiger partial charge in [-0.3, -0.25) is 4.90 Å². The Bertz CT molecular complexity index is 686. The van der Waals surface area contributed by atoms with Gasteiger partial charge < -0.3 is 14.9 Å². The van der Waals surface area contributed by atoms with Crippen molar-refractivity contribution >= 4 is 11.4 Å². The molecule has 1 aliphatic rings. The first-order valence-electron chi connectivity index (χ1n) is 9.42. The average Bonchev–Trinajstić information content (AvgIpc) is 2.61. The van der Waals surface area contributed by atoms with Gasteiger partial charge in [0.15, 0.2) is 0 Å². The summed E-state index contributed by atoms with van der Waals surface area (Å²) in [6.45, 7) is 3.42. The lowest BCUT2D eigenvalue weighted by Gasteiger charge is -2.40. The summed E-state index contributed by atoms with van der Waals surface area (Å²) in [5.41, 5.74) is 3.08. The first-order valence-corrected chi connectivity index (χ1v) is 9.42. The van der Waals surface area contributed by atoms with Gasteiger partial charge in [-0.25, -0.2) is 0 Å². The van der Waals surface area contributed by atoms with E-state index in [1.54, 1.807) is 0 Å². The van der Waals surface area contributed by atoms with Gasteiger partial charge in [0.1, 0.15) is 0 Å². The lowest BCUT2D eigenvalue weighted by Crippen LogP contribution is -2.52. The van der Waals surface area contributed by atoms with Gasteiger partial charge in [-0.05, 0) is 63.3 Å². The lowest BCUT2D eigenvalue weighted by molar-refractivity contribution is -0.0479. The van der Waals surface area contributed by atoms with Crippen molar-refractivity contribution in [1.29, 1.82) is 0 Å². The van der Waals surface area contributed by atoms with Gasteiger partial charge in [0, 0.05) is 38.1 Å². The van der Waals surface area contributed by atoms with Gasteiger partial charge in [0.25, 0.3) is 0 Å². The average molecular weight is 354 g/mol. The Hall–Kier alpha value is -1.88. The molecule has 140 valence electrons. The van der Waals surface area contributed by atoms with E-state index in [-0.39, 0.29) is 0 Å². The van der Waals surface area contributed by atoms with Crippen LogP contribution >= 0.6 is 0 Å². The van der Waals surface area contributed by atoms with Crippen LogP contribution in [0.4, 0.5) is 11.4 Å². The van der Waals surface area contributed by atoms with Crippen molar-refractivity contribution in [2.24, 2.45) is 0 Å². The standard InChI is InChI=1S/C22H31N3O/c1-23(2)17-22(26)14-7-15-25(18-22)16-19-10-12-21(13-11-19)24(3)20-8-5-4-6-9-20/h4-6,8-13,26H,7,14-18H2,1-3H3/t22-/m0/s1. The molecule has 1 heterocycles. The number of β-amino-alcohol motifs (C(OH)–C–C–N with tert-alkyl or cyclic N) is 1. The van der Waals surface area contributed by atoms with Crippen molar-refractivity contribution in [3.8, 4) is 0 Å². The van der Waals surface area contributed by atoms with Crippen LogP contribution in [0.3, 0.4) is 0 Å². The number of anilines is 2. The number of aliphatic hydroxyl groups is 1. The van der Waals surface area contributed by atoms with Crippen molar-refractivity contribution < 1.29 is 5.11 Å². The summed E-state index contributed by atoms with van der Waals surface area (Å²) in [5.74, 6) is 0. The highest BCUT2D eigenvalue weighted by Crippen LogP contribution is 2.26. The number of rotatable bonds is 6. The minimum atomic E-state index is -0.588. The molecule has 0 spiro atoms. The van der Waals surface area contributed by atoms with E-state index >= 15 is 0 Å². The molecule has 0 aromatic heterocycles. The first kappa shape index (κ1) is 18.9. The number of benzene rings is 2. The minimum absolute atomic E-state index is 0.588. The third-order valence-corrected chi connectivity index (χ3v) is 5.12. The van der Waals surface area contributed by atoms with Crippen molar-refractivity contribution in [1.82, 2.24) is 9.80 Å². The van der Waals surface area contributed by atoms with E-state index in [2.05, 4.69) is 70.3 Å². The summed E-state index contributed by atoms with van der Waals surface area (Å²) >= 11 is 0. The molecule has 2 aromatic carbocycles. The van der Waals surface area contributed by atoms with Crippen LogP contribution in [0.5, 0.6) is 0 Å². The molecule has 0 saturated carbocycles. The van der Waals surface area contributed by atoms with Crippen LogP contribution < -0.4 is 4.90 Å². The Morgan fingerprint density at radius 2 is 1.62 bits per heavy atom. The molecule has 1 saturated heterocycles. The largest absolute Gasteiger partial charge is 0.387 e. The fourth-order valence-corrected chi connectivity index (χ4v) is 3.94. The van der Waals surface area contributed by atoms with Crippen molar-refractivity contribution in [2.75, 3.05) is 45.7 Å². The molecule has 0 unspecified atom stereocenters. The van der Waals surface area contributed by atoms with Crippen LogP contribution in [-0.2, 0) is 6.54 Å². The number of likely N-dealkylation sites (N-methyl/N-ethyl adjacent to an activating group) is 1. The Kier molecular flexibility index (Phi) is 5.97. The molecule has 0 bridgehead atoms. The Labute approximate surface area is 157 Å². The lowest BCUT2D eigenvalue weighted by atomic mass is 9.92. The fraction of sp³-hybridized carbons (Fsp3) is 0.455. The normalized spacial score (nSPS) is 21.1. The zero-order valence-corrected chi connectivity index (χ0v) is 16.2. The van der Waals surface area contributed by atoms with Crippen molar-refractivity contribution in [3.05, 3.63) is 60.2 Å². The van der Waals surface area contributed by atoms with Gasteiger partial charge in [0.05, 0.1) is 5.60 Å². The summed E-state index contributed by atoms with van der Waals surface area (Å²) in [6.07, 6.45) is 1.95. The van der Waals surface area contributed by atoms with Crippen LogP contribution in [-0.4, -0.2) is 61.3 Å². The van der Waals surface area contributed by atoms with Gasteiger partial charge in [-0.15, -0.1) is 0 Å². The third-order valence-electron chi connectivity index (χ3n) is 5.12. The molecular weight excluding hydrogens is 322 g/mol. The predicted octanol–water partition coefficient (Wildman–Crippen LogP) is 3.34. The topological polar surface area (TPSA) is 30.0 Å². The van der Waals surface area contributed by atoms with E-state index in [0.29, 0.717) is 0 Å². The molecule has 2 aromatic rings. The Morgan fingerprint density at radius 3 is 2.27 bits per heavy atom. The van der Waals surface area contributed by atoms with Gasteiger partial charge in [-0.2, -0.15) is 0 Å². The molecule has 4 nitrogen and oxygen atoms in total. The summed E-state index contributed by atoms with van der Waals surface area (Å²) < 4.78 is 0. The smallest absolute Gasteiger partial charge is 0.0900 e. The number of likely N-dealkylation sites (tertiary alicyclic amines) is 1. The van der Waals surface area contributed by atoms with Crippen molar-refractivity contribution in [3.63, 3.8) is 0 Å². The molecule has 0 amide bonds. The third kappa shape index (κ3) is 4.85. The zero-order valence-electron chi connectivity index (χ0n) is 16.2. The number of para-hydroxylation sites is 1. The highest BCUT2D eigenvalue weighted by molar-refractivity contribution is 5.62. The van der Waals surface area contributed by atoms with Gasteiger partial charge in [-0.1, -0.05) is 30.3 Å². The number of piperidine rings is 1. The van der Waals surface area contributed by atoms with E-state index in [0.717, 1.165) is 39.0 Å². The number of hydrogen-bond donors (Lipinski definition) is 1. The molecule has 1 fully saturated rings. The molecule has 4 heteroatoms. The van der Waals surface area contributed by atoms with E-state index in [1.807, 2.05) is 20.2 Å². The van der Waals surface area contributed by atoms with Crippen LogP contribution in [0, 0.1) is 0 Å². The van der Waals surface area contributed by atoms with Crippen LogP contribution in [0.25, 0.3) is 0 Å². The molecule has 1 N–H and O–H groups in total. The van der Waals surface area contributed by atoms with Crippen LogP contribution in [0.2, 0.25) is 0 Å². The van der Waals surface area contributed by atoms with Crippen molar-refractivity contribution in [2.45, 2.75) is 25.0 Å². The summed E-state index contributed by atoms with van der Waals surface area (Å²) in [7, 11) is 6.15. The minimum Gasteiger partial charge on any atom is -0.387 e. The van der Waals surface area contributed by atoms with E-state index in [4.69, 9.17) is 0 Å². The molecule has 0 radical (unpaired) electrons. The highest BCUT2D eigenvalue weighted by atomic mass is 16.3. The molecule has 3 rings (SSSR count). The first-order chi connectivity index (χ1) is 12.5. The quantitative estimate of drug-likeness (QED) is 0.863.